The van der Waals surface area contributed by atoms with Gasteiger partial charge in [0.15, 0.2) is 0 Å². The minimum absolute atomic E-state index is 0.0926. The Morgan fingerprint density at radius 2 is 2.17 bits per heavy atom. The van der Waals surface area contributed by atoms with Gasteiger partial charge >= 0.3 is 0 Å². The normalized spacial score (nSPS) is 30.5. The molecule has 2 unspecified atom stereocenters. The van der Waals surface area contributed by atoms with Gasteiger partial charge in [0.25, 0.3) is 0 Å². The number of alkyl halides is 1. The van der Waals surface area contributed by atoms with Gasteiger partial charge in [-0.15, -0.1) is 0 Å². The average Bonchev–Trinajstić information content (AvgIpc) is 2.38. The summed E-state index contributed by atoms with van der Waals surface area (Å²) in [5, 5.41) is 3.08. The van der Waals surface area contributed by atoms with Crippen molar-refractivity contribution in [3.8, 4) is 0 Å². The zero-order valence-corrected chi connectivity index (χ0v) is 8.18. The van der Waals surface area contributed by atoms with Crippen molar-refractivity contribution in [2.45, 2.75) is 39.0 Å². The Morgan fingerprint density at radius 1 is 1.50 bits per heavy atom. The van der Waals surface area contributed by atoms with E-state index in [1.165, 1.54) is 0 Å². The molecule has 0 spiro atoms. The van der Waals surface area contributed by atoms with Crippen LogP contribution in [0.4, 0.5) is 4.39 Å². The maximum atomic E-state index is 13.3. The summed E-state index contributed by atoms with van der Waals surface area (Å²) >= 11 is 0. The Hall–Kier alpha value is -0.150. The first-order valence-corrected chi connectivity index (χ1v) is 4.77. The van der Waals surface area contributed by atoms with Crippen molar-refractivity contribution in [1.82, 2.24) is 10.2 Å². The second kappa shape index (κ2) is 4.19. The molecule has 0 aliphatic carbocycles. The van der Waals surface area contributed by atoms with E-state index < -0.39 is 6.17 Å². The minimum atomic E-state index is -0.688. The zero-order chi connectivity index (χ0) is 9.14. The molecule has 3 heteroatoms. The van der Waals surface area contributed by atoms with Crippen molar-refractivity contribution < 1.29 is 4.39 Å². The van der Waals surface area contributed by atoms with E-state index in [2.05, 4.69) is 31.0 Å². The van der Waals surface area contributed by atoms with Crippen LogP contribution in [-0.4, -0.2) is 42.8 Å². The van der Waals surface area contributed by atoms with Crippen LogP contribution in [0.5, 0.6) is 0 Å². The average molecular weight is 174 g/mol. The van der Waals surface area contributed by atoms with Crippen molar-refractivity contribution in [3.05, 3.63) is 0 Å². The fourth-order valence-corrected chi connectivity index (χ4v) is 1.94. The van der Waals surface area contributed by atoms with Crippen LogP contribution in [0.3, 0.4) is 0 Å². The van der Waals surface area contributed by atoms with Gasteiger partial charge in [-0.1, -0.05) is 6.92 Å². The number of hydrogen-bond acceptors (Lipinski definition) is 2. The van der Waals surface area contributed by atoms with Gasteiger partial charge in [-0.05, 0) is 20.4 Å². The highest BCUT2D eigenvalue weighted by Crippen LogP contribution is 2.14. The molecule has 1 heterocycles. The first kappa shape index (κ1) is 9.93. The summed E-state index contributed by atoms with van der Waals surface area (Å²) in [5.41, 5.74) is 0. The van der Waals surface area contributed by atoms with E-state index >= 15 is 0 Å². The highest BCUT2D eigenvalue weighted by molar-refractivity contribution is 4.89. The van der Waals surface area contributed by atoms with Crippen LogP contribution in [0.1, 0.15) is 20.8 Å². The molecule has 0 saturated carbocycles. The third-order valence-electron chi connectivity index (χ3n) is 2.56. The predicted octanol–water partition coefficient (Wildman–Crippen LogP) is 1.03. The van der Waals surface area contributed by atoms with Gasteiger partial charge in [0.2, 0.25) is 0 Å². The van der Waals surface area contributed by atoms with Gasteiger partial charge in [-0.25, -0.2) is 4.39 Å². The van der Waals surface area contributed by atoms with Crippen LogP contribution in [0.25, 0.3) is 0 Å². The van der Waals surface area contributed by atoms with Crippen LogP contribution in [0.15, 0.2) is 0 Å². The topological polar surface area (TPSA) is 15.3 Å². The second-order valence-electron chi connectivity index (χ2n) is 3.67. The standard InChI is InChI=1S/C9H19FN2/c1-4-12(7(2)3)9-6-11-5-8(9)10/h7-9,11H,4-6H2,1-3H3. The summed E-state index contributed by atoms with van der Waals surface area (Å²) in [7, 11) is 0. The molecule has 1 saturated heterocycles. The van der Waals surface area contributed by atoms with E-state index in [0.29, 0.717) is 12.6 Å². The molecule has 0 amide bonds. The summed E-state index contributed by atoms with van der Waals surface area (Å²) in [5.74, 6) is 0. The van der Waals surface area contributed by atoms with Gasteiger partial charge in [0.05, 0.1) is 6.04 Å². The van der Waals surface area contributed by atoms with Crippen molar-refractivity contribution in [2.24, 2.45) is 0 Å². The molecule has 0 aromatic rings. The van der Waals surface area contributed by atoms with E-state index in [0.717, 1.165) is 13.1 Å². The zero-order valence-electron chi connectivity index (χ0n) is 8.18. The first-order valence-electron chi connectivity index (χ1n) is 4.77. The SMILES string of the molecule is CCN(C(C)C)C1CNCC1F. The molecule has 0 aromatic heterocycles. The molecule has 1 rings (SSSR count). The van der Waals surface area contributed by atoms with Gasteiger partial charge in [-0.2, -0.15) is 0 Å². The number of hydrogen-bond donors (Lipinski definition) is 1. The number of halogens is 1. The Morgan fingerprint density at radius 3 is 2.50 bits per heavy atom. The Kier molecular flexibility index (Phi) is 3.47. The van der Waals surface area contributed by atoms with Crippen LogP contribution in [0, 0.1) is 0 Å². The Labute approximate surface area is 74.1 Å². The molecule has 0 bridgehead atoms. The number of rotatable bonds is 3. The highest BCUT2D eigenvalue weighted by atomic mass is 19.1. The predicted molar refractivity (Wildman–Crippen MR) is 49.1 cm³/mol. The molecular formula is C9H19FN2. The molecule has 2 atom stereocenters. The lowest BCUT2D eigenvalue weighted by molar-refractivity contribution is 0.118. The van der Waals surface area contributed by atoms with Crippen molar-refractivity contribution in [2.75, 3.05) is 19.6 Å². The summed E-state index contributed by atoms with van der Waals surface area (Å²) in [4.78, 5) is 2.21. The fourth-order valence-electron chi connectivity index (χ4n) is 1.94. The first-order chi connectivity index (χ1) is 5.66. The highest BCUT2D eigenvalue weighted by Gasteiger charge is 2.32. The largest absolute Gasteiger partial charge is 0.312 e. The third-order valence-corrected chi connectivity index (χ3v) is 2.56. The minimum Gasteiger partial charge on any atom is -0.312 e. The smallest absolute Gasteiger partial charge is 0.129 e. The maximum Gasteiger partial charge on any atom is 0.129 e. The van der Waals surface area contributed by atoms with E-state index in [-0.39, 0.29) is 6.04 Å². The lowest BCUT2D eigenvalue weighted by Crippen LogP contribution is -2.45. The van der Waals surface area contributed by atoms with Crippen molar-refractivity contribution in [3.63, 3.8) is 0 Å². The maximum absolute atomic E-state index is 13.3. The molecule has 1 aliphatic rings. The monoisotopic (exact) mass is 174 g/mol. The summed E-state index contributed by atoms with van der Waals surface area (Å²) in [6.07, 6.45) is -0.688. The fraction of sp³-hybridized carbons (Fsp3) is 1.00. The quantitative estimate of drug-likeness (QED) is 0.687. The summed E-state index contributed by atoms with van der Waals surface area (Å²) in [6, 6.07) is 0.535. The number of nitrogens with one attached hydrogen (secondary N) is 1. The van der Waals surface area contributed by atoms with Crippen LogP contribution < -0.4 is 5.32 Å². The van der Waals surface area contributed by atoms with Crippen molar-refractivity contribution >= 4 is 0 Å². The molecule has 1 aliphatic heterocycles. The molecule has 1 N–H and O–H groups in total. The van der Waals surface area contributed by atoms with Crippen molar-refractivity contribution in [1.29, 1.82) is 0 Å². The molecular weight excluding hydrogens is 155 g/mol. The van der Waals surface area contributed by atoms with Crippen LogP contribution >= 0.6 is 0 Å². The van der Waals surface area contributed by atoms with Gasteiger partial charge in [-0.3, -0.25) is 4.90 Å². The molecule has 2 nitrogen and oxygen atoms in total. The molecule has 0 radical (unpaired) electrons. The van der Waals surface area contributed by atoms with Gasteiger partial charge < -0.3 is 5.32 Å². The van der Waals surface area contributed by atoms with E-state index in [1.807, 2.05) is 0 Å². The Bertz CT molecular complexity index is 138. The van der Waals surface area contributed by atoms with Gasteiger partial charge in [0.1, 0.15) is 6.17 Å². The summed E-state index contributed by atoms with van der Waals surface area (Å²) < 4.78 is 13.3. The third kappa shape index (κ3) is 1.96. The van der Waals surface area contributed by atoms with E-state index in [1.54, 1.807) is 0 Å². The number of likely N-dealkylation sites (N-methyl/N-ethyl adjacent to an activating group) is 1. The lowest BCUT2D eigenvalue weighted by Gasteiger charge is -2.31. The second-order valence-corrected chi connectivity index (χ2v) is 3.67. The molecule has 0 aromatic carbocycles. The van der Waals surface area contributed by atoms with Gasteiger partial charge in [0, 0.05) is 19.1 Å². The van der Waals surface area contributed by atoms with E-state index in [4.69, 9.17) is 0 Å². The van der Waals surface area contributed by atoms with Crippen LogP contribution in [0.2, 0.25) is 0 Å². The van der Waals surface area contributed by atoms with Crippen LogP contribution in [-0.2, 0) is 0 Å². The Balaban J connectivity index is 2.52. The lowest BCUT2D eigenvalue weighted by atomic mass is 10.1. The summed E-state index contributed by atoms with van der Waals surface area (Å²) in [6.45, 7) is 8.58. The molecule has 1 fully saturated rings. The van der Waals surface area contributed by atoms with E-state index in [9.17, 15) is 4.39 Å². The molecule has 72 valence electrons. The number of nitrogens with zero attached hydrogens (tertiary/aromatic N) is 1. The molecule has 12 heavy (non-hydrogen) atoms.